The third kappa shape index (κ3) is 5.56. The zero-order valence-electron chi connectivity index (χ0n) is 18.0. The molecule has 3 nitrogen and oxygen atoms in total. The molecule has 3 aromatic carbocycles. The first kappa shape index (κ1) is 22.5. The van der Waals surface area contributed by atoms with E-state index in [1.165, 1.54) is 17.7 Å². The highest BCUT2D eigenvalue weighted by molar-refractivity contribution is 7.99. The van der Waals surface area contributed by atoms with Crippen molar-refractivity contribution in [2.75, 3.05) is 10.7 Å². The highest BCUT2D eigenvalue weighted by Crippen LogP contribution is 2.32. The van der Waals surface area contributed by atoms with Crippen molar-refractivity contribution in [3.05, 3.63) is 89.7 Å². The second-order valence-corrected chi connectivity index (χ2v) is 9.66. The molecule has 0 saturated heterocycles. The van der Waals surface area contributed by atoms with Gasteiger partial charge in [-0.05, 0) is 60.1 Å². The van der Waals surface area contributed by atoms with E-state index in [0.29, 0.717) is 13.0 Å². The number of aryl methyl sites for hydroxylation is 1. The summed E-state index contributed by atoms with van der Waals surface area (Å²) in [6, 6.07) is 22.7. The van der Waals surface area contributed by atoms with Crippen LogP contribution in [0.2, 0.25) is 0 Å². The van der Waals surface area contributed by atoms with Crippen LogP contribution in [0.15, 0.2) is 77.7 Å². The number of hydrogen-bond acceptors (Lipinski definition) is 4. The van der Waals surface area contributed by atoms with E-state index < -0.39 is 0 Å². The van der Waals surface area contributed by atoms with Gasteiger partial charge >= 0.3 is 0 Å². The molecule has 164 valence electrons. The van der Waals surface area contributed by atoms with Gasteiger partial charge in [0, 0.05) is 11.3 Å². The fraction of sp³-hybridized carbons (Fsp3) is 0.231. The standard InChI is InChI=1S/C26H25FN2OS2/c1-2-20-10-6-11-23-25(20)28-26(32-23)29(18-19-8-4-3-5-9-19)24(30)12-7-17-31-22-15-13-21(27)14-16-22/h3-6,8-11,13-16H,2,7,12,17-18H2,1H3. The van der Waals surface area contributed by atoms with Gasteiger partial charge in [0.15, 0.2) is 5.13 Å². The zero-order chi connectivity index (χ0) is 22.3. The summed E-state index contributed by atoms with van der Waals surface area (Å²) in [6.45, 7) is 2.63. The summed E-state index contributed by atoms with van der Waals surface area (Å²) >= 11 is 3.21. The molecule has 0 bridgehead atoms. The average Bonchev–Trinajstić information content (AvgIpc) is 3.26. The van der Waals surface area contributed by atoms with Gasteiger partial charge in [0.25, 0.3) is 0 Å². The van der Waals surface area contributed by atoms with Gasteiger partial charge in [-0.25, -0.2) is 9.37 Å². The average molecular weight is 465 g/mol. The Morgan fingerprint density at radius 3 is 2.56 bits per heavy atom. The third-order valence-corrected chi connectivity index (χ3v) is 7.35. The highest BCUT2D eigenvalue weighted by Gasteiger charge is 2.20. The van der Waals surface area contributed by atoms with Crippen molar-refractivity contribution in [1.29, 1.82) is 0 Å². The number of fused-ring (bicyclic) bond motifs is 1. The number of amides is 1. The number of benzene rings is 3. The Morgan fingerprint density at radius 1 is 1.03 bits per heavy atom. The number of thioether (sulfide) groups is 1. The number of carbonyl (C=O) groups is 1. The van der Waals surface area contributed by atoms with Crippen molar-refractivity contribution in [2.24, 2.45) is 0 Å². The van der Waals surface area contributed by atoms with E-state index in [9.17, 15) is 9.18 Å². The lowest BCUT2D eigenvalue weighted by Gasteiger charge is -2.20. The van der Waals surface area contributed by atoms with Crippen LogP contribution in [-0.4, -0.2) is 16.6 Å². The molecule has 0 spiro atoms. The lowest BCUT2D eigenvalue weighted by Crippen LogP contribution is -2.30. The Balaban J connectivity index is 1.48. The largest absolute Gasteiger partial charge is 0.284 e. The predicted octanol–water partition coefficient (Wildman–Crippen LogP) is 7.10. The molecule has 4 rings (SSSR count). The van der Waals surface area contributed by atoms with E-state index in [2.05, 4.69) is 25.1 Å². The SMILES string of the molecule is CCc1cccc2sc(N(Cc3ccccc3)C(=O)CCCSc3ccc(F)cc3)nc12. The maximum Gasteiger partial charge on any atom is 0.229 e. The van der Waals surface area contributed by atoms with Gasteiger partial charge in [-0.15, -0.1) is 11.8 Å². The molecular formula is C26H25FN2OS2. The van der Waals surface area contributed by atoms with Crippen molar-refractivity contribution in [2.45, 2.75) is 37.6 Å². The fourth-order valence-corrected chi connectivity index (χ4v) is 5.39. The lowest BCUT2D eigenvalue weighted by atomic mass is 10.1. The van der Waals surface area contributed by atoms with Crippen LogP contribution in [0.1, 0.15) is 30.9 Å². The van der Waals surface area contributed by atoms with Crippen molar-refractivity contribution >= 4 is 44.4 Å². The lowest BCUT2D eigenvalue weighted by molar-refractivity contribution is -0.118. The number of thiazole rings is 1. The van der Waals surface area contributed by atoms with Crippen molar-refractivity contribution in [3.8, 4) is 0 Å². The zero-order valence-corrected chi connectivity index (χ0v) is 19.6. The van der Waals surface area contributed by atoms with Crippen LogP contribution in [0.5, 0.6) is 0 Å². The molecule has 32 heavy (non-hydrogen) atoms. The minimum atomic E-state index is -0.233. The van der Waals surface area contributed by atoms with E-state index in [1.54, 1.807) is 35.2 Å². The summed E-state index contributed by atoms with van der Waals surface area (Å²) in [7, 11) is 0. The summed E-state index contributed by atoms with van der Waals surface area (Å²) in [4.78, 5) is 21.0. The molecule has 4 aromatic rings. The van der Waals surface area contributed by atoms with E-state index in [4.69, 9.17) is 4.98 Å². The van der Waals surface area contributed by atoms with Gasteiger partial charge in [-0.2, -0.15) is 0 Å². The molecule has 1 amide bonds. The summed E-state index contributed by atoms with van der Waals surface area (Å²) in [5.74, 6) is 0.643. The molecule has 0 aliphatic heterocycles. The number of para-hydroxylation sites is 1. The number of halogens is 1. The van der Waals surface area contributed by atoms with E-state index in [-0.39, 0.29) is 11.7 Å². The molecule has 0 aliphatic rings. The number of hydrogen-bond donors (Lipinski definition) is 0. The molecule has 1 heterocycles. The second kappa shape index (κ2) is 10.7. The van der Waals surface area contributed by atoms with Crippen LogP contribution in [-0.2, 0) is 17.8 Å². The molecule has 0 saturated carbocycles. The molecular weight excluding hydrogens is 439 g/mol. The smallest absolute Gasteiger partial charge is 0.229 e. The maximum absolute atomic E-state index is 13.3. The molecule has 0 fully saturated rings. The normalized spacial score (nSPS) is 11.1. The van der Waals surface area contributed by atoms with Crippen LogP contribution in [0.25, 0.3) is 10.2 Å². The van der Waals surface area contributed by atoms with E-state index in [0.717, 1.165) is 44.4 Å². The van der Waals surface area contributed by atoms with Gasteiger partial charge in [-0.3, -0.25) is 9.69 Å². The van der Waals surface area contributed by atoms with Crippen molar-refractivity contribution in [3.63, 3.8) is 0 Å². The van der Waals surface area contributed by atoms with E-state index >= 15 is 0 Å². The molecule has 0 aliphatic carbocycles. The van der Waals surface area contributed by atoms with E-state index in [1.807, 2.05) is 35.2 Å². The number of nitrogens with zero attached hydrogens (tertiary/aromatic N) is 2. The van der Waals surface area contributed by atoms with Crippen LogP contribution in [0.3, 0.4) is 0 Å². The predicted molar refractivity (Wildman–Crippen MR) is 133 cm³/mol. The van der Waals surface area contributed by atoms with Crippen LogP contribution in [0.4, 0.5) is 9.52 Å². The summed E-state index contributed by atoms with van der Waals surface area (Å²) in [5.41, 5.74) is 3.28. The van der Waals surface area contributed by atoms with Gasteiger partial charge in [0.2, 0.25) is 5.91 Å². The molecule has 1 aromatic heterocycles. The number of rotatable bonds is 9. The molecule has 0 N–H and O–H groups in total. The maximum atomic E-state index is 13.3. The fourth-order valence-electron chi connectivity index (χ4n) is 3.50. The highest BCUT2D eigenvalue weighted by atomic mass is 32.2. The molecule has 0 atom stereocenters. The minimum absolute atomic E-state index is 0.0747. The first-order chi connectivity index (χ1) is 15.6. The summed E-state index contributed by atoms with van der Waals surface area (Å²) in [6.07, 6.45) is 2.10. The third-order valence-electron chi connectivity index (χ3n) is 5.20. The molecule has 0 radical (unpaired) electrons. The number of carbonyl (C=O) groups excluding carboxylic acids is 1. The van der Waals surface area contributed by atoms with Gasteiger partial charge in [0.05, 0.1) is 16.8 Å². The van der Waals surface area contributed by atoms with Crippen molar-refractivity contribution < 1.29 is 9.18 Å². The summed E-state index contributed by atoms with van der Waals surface area (Å²) in [5, 5.41) is 0.751. The van der Waals surface area contributed by atoms with Gasteiger partial charge in [-0.1, -0.05) is 60.7 Å². The number of aromatic nitrogens is 1. The number of anilines is 1. The Bertz CT molecular complexity index is 1180. The van der Waals surface area contributed by atoms with Crippen molar-refractivity contribution in [1.82, 2.24) is 4.98 Å². The first-order valence-corrected chi connectivity index (χ1v) is 12.6. The Labute approximate surface area is 196 Å². The molecule has 6 heteroatoms. The van der Waals surface area contributed by atoms with Crippen LogP contribution in [0, 0.1) is 5.82 Å². The monoisotopic (exact) mass is 464 g/mol. The van der Waals surface area contributed by atoms with Gasteiger partial charge < -0.3 is 0 Å². The van der Waals surface area contributed by atoms with Crippen LogP contribution < -0.4 is 4.90 Å². The Hall–Kier alpha value is -2.70. The Kier molecular flexibility index (Phi) is 7.55. The minimum Gasteiger partial charge on any atom is -0.284 e. The first-order valence-electron chi connectivity index (χ1n) is 10.7. The van der Waals surface area contributed by atoms with Crippen LogP contribution >= 0.6 is 23.1 Å². The Morgan fingerprint density at radius 2 is 1.81 bits per heavy atom. The quantitative estimate of drug-likeness (QED) is 0.196. The topological polar surface area (TPSA) is 33.2 Å². The molecule has 0 unspecified atom stereocenters. The van der Waals surface area contributed by atoms with Gasteiger partial charge in [0.1, 0.15) is 5.82 Å². The summed E-state index contributed by atoms with van der Waals surface area (Å²) < 4.78 is 14.2. The second-order valence-electron chi connectivity index (χ2n) is 7.49.